The van der Waals surface area contributed by atoms with E-state index in [1.54, 1.807) is 0 Å². The van der Waals surface area contributed by atoms with Crippen LogP contribution in [0, 0.1) is 22.7 Å². The van der Waals surface area contributed by atoms with Crippen LogP contribution in [-0.2, 0) is 4.74 Å². The number of hydrogen-bond acceptors (Lipinski definition) is 1. The van der Waals surface area contributed by atoms with E-state index < -0.39 is 0 Å². The molecule has 0 bridgehead atoms. The van der Waals surface area contributed by atoms with E-state index in [9.17, 15) is 0 Å². The SMILES string of the molecule is C=C1CC[C@@H]2C(C)(C)CCC[C@@]2(C)[C@@H]1C/C=C1/CCOC1. The Morgan fingerprint density at radius 1 is 1.24 bits per heavy atom. The van der Waals surface area contributed by atoms with Gasteiger partial charge in [-0.3, -0.25) is 0 Å². The summed E-state index contributed by atoms with van der Waals surface area (Å²) in [4.78, 5) is 0. The molecule has 1 aliphatic heterocycles. The van der Waals surface area contributed by atoms with E-state index in [0.29, 0.717) is 16.7 Å². The topological polar surface area (TPSA) is 9.23 Å². The first kappa shape index (κ1) is 15.3. The van der Waals surface area contributed by atoms with Gasteiger partial charge >= 0.3 is 0 Å². The average Bonchev–Trinajstić information content (AvgIpc) is 2.90. The summed E-state index contributed by atoms with van der Waals surface area (Å²) < 4.78 is 5.50. The lowest BCUT2D eigenvalue weighted by molar-refractivity contribution is -0.0510. The van der Waals surface area contributed by atoms with Crippen LogP contribution in [0.25, 0.3) is 0 Å². The number of allylic oxidation sites excluding steroid dienone is 2. The number of ether oxygens (including phenoxy) is 1. The zero-order chi connectivity index (χ0) is 15.1. The normalized spacial score (nSPS) is 41.3. The molecule has 1 saturated heterocycles. The lowest BCUT2D eigenvalue weighted by Crippen LogP contribution is -2.49. The third-order valence-electron chi connectivity index (χ3n) is 6.82. The summed E-state index contributed by atoms with van der Waals surface area (Å²) in [5, 5.41) is 0. The van der Waals surface area contributed by atoms with Gasteiger partial charge in [0.05, 0.1) is 13.2 Å². The molecular weight excluding hydrogens is 256 g/mol. The second kappa shape index (κ2) is 5.57. The highest BCUT2D eigenvalue weighted by atomic mass is 16.5. The largest absolute Gasteiger partial charge is 0.377 e. The Hall–Kier alpha value is -0.560. The highest BCUT2D eigenvalue weighted by molar-refractivity contribution is 5.18. The molecule has 2 saturated carbocycles. The van der Waals surface area contributed by atoms with Crippen LogP contribution in [0.15, 0.2) is 23.8 Å². The zero-order valence-corrected chi connectivity index (χ0v) is 14.2. The van der Waals surface area contributed by atoms with E-state index in [4.69, 9.17) is 4.74 Å². The van der Waals surface area contributed by atoms with Crippen molar-refractivity contribution < 1.29 is 4.74 Å². The maximum Gasteiger partial charge on any atom is 0.0677 e. The average molecular weight is 288 g/mol. The van der Waals surface area contributed by atoms with Crippen LogP contribution in [0.5, 0.6) is 0 Å². The van der Waals surface area contributed by atoms with Gasteiger partial charge in [-0.25, -0.2) is 0 Å². The predicted octanol–water partition coefficient (Wildman–Crippen LogP) is 5.52. The molecule has 3 aliphatic rings. The molecule has 0 radical (unpaired) electrons. The van der Waals surface area contributed by atoms with Crippen molar-refractivity contribution in [1.29, 1.82) is 0 Å². The lowest BCUT2D eigenvalue weighted by Gasteiger charge is -2.58. The Morgan fingerprint density at radius 3 is 2.76 bits per heavy atom. The van der Waals surface area contributed by atoms with Gasteiger partial charge in [0.25, 0.3) is 0 Å². The first-order valence-corrected chi connectivity index (χ1v) is 8.87. The molecule has 0 amide bonds. The van der Waals surface area contributed by atoms with E-state index in [1.165, 1.54) is 49.7 Å². The Balaban J connectivity index is 1.82. The molecule has 0 spiro atoms. The summed E-state index contributed by atoms with van der Waals surface area (Å²) in [6.45, 7) is 13.8. The monoisotopic (exact) mass is 288 g/mol. The van der Waals surface area contributed by atoms with Gasteiger partial charge in [-0.2, -0.15) is 0 Å². The van der Waals surface area contributed by atoms with Gasteiger partial charge in [0.15, 0.2) is 0 Å². The van der Waals surface area contributed by atoms with Crippen molar-refractivity contribution in [2.45, 2.75) is 65.7 Å². The Bertz CT molecular complexity index is 437. The van der Waals surface area contributed by atoms with Crippen LogP contribution in [0.1, 0.15) is 65.7 Å². The molecule has 0 unspecified atom stereocenters. The molecular formula is C20H32O. The quantitative estimate of drug-likeness (QED) is 0.608. The van der Waals surface area contributed by atoms with Gasteiger partial charge in [-0.05, 0) is 66.8 Å². The smallest absolute Gasteiger partial charge is 0.0677 e. The second-order valence-electron chi connectivity index (χ2n) is 8.55. The van der Waals surface area contributed by atoms with E-state index >= 15 is 0 Å². The van der Waals surface area contributed by atoms with Gasteiger partial charge in [-0.1, -0.05) is 45.4 Å². The number of hydrogen-bond donors (Lipinski definition) is 0. The van der Waals surface area contributed by atoms with Crippen LogP contribution in [0.3, 0.4) is 0 Å². The highest BCUT2D eigenvalue weighted by Gasteiger charge is 2.52. The van der Waals surface area contributed by atoms with Gasteiger partial charge in [-0.15, -0.1) is 0 Å². The highest BCUT2D eigenvalue weighted by Crippen LogP contribution is 2.61. The number of rotatable bonds is 2. The standard InChI is InChI=1S/C20H32O/c1-15-6-9-18-19(2,3)11-5-12-20(18,4)17(15)8-7-16-10-13-21-14-16/h7,17-18H,1,5-6,8-14H2,2-4H3/b16-7-/t17-,18-,20+/m1/s1. The van der Waals surface area contributed by atoms with Gasteiger partial charge in [0, 0.05) is 0 Å². The maximum atomic E-state index is 5.50. The van der Waals surface area contributed by atoms with Gasteiger partial charge < -0.3 is 4.74 Å². The van der Waals surface area contributed by atoms with Crippen molar-refractivity contribution in [3.63, 3.8) is 0 Å². The van der Waals surface area contributed by atoms with Crippen molar-refractivity contribution in [3.05, 3.63) is 23.8 Å². The van der Waals surface area contributed by atoms with Crippen LogP contribution in [-0.4, -0.2) is 13.2 Å². The third kappa shape index (κ3) is 2.74. The van der Waals surface area contributed by atoms with Crippen LogP contribution < -0.4 is 0 Å². The lowest BCUT2D eigenvalue weighted by atomic mass is 9.47. The number of fused-ring (bicyclic) bond motifs is 1. The predicted molar refractivity (Wildman–Crippen MR) is 89.2 cm³/mol. The summed E-state index contributed by atoms with van der Waals surface area (Å²) in [5.41, 5.74) is 4.01. The second-order valence-corrected chi connectivity index (χ2v) is 8.55. The molecule has 2 aliphatic carbocycles. The summed E-state index contributed by atoms with van der Waals surface area (Å²) in [6, 6.07) is 0. The van der Waals surface area contributed by atoms with E-state index in [0.717, 1.165) is 25.6 Å². The van der Waals surface area contributed by atoms with Crippen molar-refractivity contribution in [2.24, 2.45) is 22.7 Å². The first-order chi connectivity index (χ1) is 9.93. The fourth-order valence-electron chi connectivity index (χ4n) is 5.63. The van der Waals surface area contributed by atoms with Crippen molar-refractivity contribution in [3.8, 4) is 0 Å². The molecule has 0 aromatic heterocycles. The molecule has 0 aromatic rings. The fourth-order valence-corrected chi connectivity index (χ4v) is 5.63. The van der Waals surface area contributed by atoms with Crippen molar-refractivity contribution >= 4 is 0 Å². The molecule has 3 atom stereocenters. The Kier molecular flexibility index (Phi) is 4.07. The van der Waals surface area contributed by atoms with Crippen LogP contribution in [0.4, 0.5) is 0 Å². The molecule has 3 rings (SSSR count). The summed E-state index contributed by atoms with van der Waals surface area (Å²) in [7, 11) is 0. The fraction of sp³-hybridized carbons (Fsp3) is 0.800. The van der Waals surface area contributed by atoms with Crippen LogP contribution >= 0.6 is 0 Å². The third-order valence-corrected chi connectivity index (χ3v) is 6.82. The maximum absolute atomic E-state index is 5.50. The Labute approximate surface area is 130 Å². The molecule has 3 fully saturated rings. The van der Waals surface area contributed by atoms with E-state index in [-0.39, 0.29) is 0 Å². The van der Waals surface area contributed by atoms with Gasteiger partial charge in [0.1, 0.15) is 0 Å². The minimum atomic E-state index is 0.466. The van der Waals surface area contributed by atoms with Gasteiger partial charge in [0.2, 0.25) is 0 Å². The molecule has 21 heavy (non-hydrogen) atoms. The first-order valence-electron chi connectivity index (χ1n) is 8.87. The molecule has 1 heterocycles. The molecule has 1 nitrogen and oxygen atoms in total. The minimum absolute atomic E-state index is 0.466. The summed E-state index contributed by atoms with van der Waals surface area (Å²) in [5.74, 6) is 1.55. The summed E-state index contributed by atoms with van der Waals surface area (Å²) >= 11 is 0. The van der Waals surface area contributed by atoms with E-state index in [1.807, 2.05) is 0 Å². The summed E-state index contributed by atoms with van der Waals surface area (Å²) in [6.07, 6.45) is 11.6. The van der Waals surface area contributed by atoms with Crippen molar-refractivity contribution in [2.75, 3.05) is 13.2 Å². The van der Waals surface area contributed by atoms with Crippen LogP contribution in [0.2, 0.25) is 0 Å². The molecule has 1 heteroatoms. The van der Waals surface area contributed by atoms with E-state index in [2.05, 4.69) is 33.4 Å². The zero-order valence-electron chi connectivity index (χ0n) is 14.2. The molecule has 0 aromatic carbocycles. The minimum Gasteiger partial charge on any atom is -0.377 e. The van der Waals surface area contributed by atoms with Crippen molar-refractivity contribution in [1.82, 2.24) is 0 Å². The molecule has 118 valence electrons. The Morgan fingerprint density at radius 2 is 2.05 bits per heavy atom. The molecule has 0 N–H and O–H groups in total.